The zero-order valence-corrected chi connectivity index (χ0v) is 15.9. The Morgan fingerprint density at radius 2 is 1.50 bits per heavy atom. The van der Waals surface area contributed by atoms with Gasteiger partial charge in [-0.2, -0.15) is 0 Å². The van der Waals surface area contributed by atoms with Crippen molar-refractivity contribution in [3.05, 3.63) is 46.4 Å². The molecule has 0 aliphatic rings. The lowest BCUT2D eigenvalue weighted by atomic mass is 10.1. The Balaban J connectivity index is 2.29. The summed E-state index contributed by atoms with van der Waals surface area (Å²) < 4.78 is 44.0. The molecule has 0 aromatic heterocycles. The van der Waals surface area contributed by atoms with E-state index in [9.17, 15) is 8.42 Å². The van der Waals surface area contributed by atoms with E-state index in [1.165, 1.54) is 33.5 Å². The molecule has 24 heavy (non-hydrogen) atoms. The number of sulfonamides is 1. The van der Waals surface area contributed by atoms with Crippen molar-refractivity contribution in [1.82, 2.24) is 4.72 Å². The molecule has 0 bridgehead atoms. The second-order valence-corrected chi connectivity index (χ2v) is 7.47. The molecule has 6 nitrogen and oxygen atoms in total. The molecular weight excluding hydrogens is 398 g/mol. The van der Waals surface area contributed by atoms with E-state index in [-0.39, 0.29) is 11.4 Å². The summed E-state index contributed by atoms with van der Waals surface area (Å²) in [5.74, 6) is 1.51. The van der Waals surface area contributed by atoms with Crippen molar-refractivity contribution in [2.24, 2.45) is 0 Å². The van der Waals surface area contributed by atoms with Crippen LogP contribution in [0.1, 0.15) is 5.56 Å². The number of halogens is 1. The molecule has 0 saturated carbocycles. The number of ether oxygens (including phenoxy) is 3. The van der Waals surface area contributed by atoms with Crippen LogP contribution in [0.15, 0.2) is 45.8 Å². The van der Waals surface area contributed by atoms with Crippen molar-refractivity contribution < 1.29 is 22.6 Å². The summed E-state index contributed by atoms with van der Waals surface area (Å²) in [6.07, 6.45) is 0. The van der Waals surface area contributed by atoms with Crippen molar-refractivity contribution in [1.29, 1.82) is 0 Å². The predicted octanol–water partition coefficient (Wildman–Crippen LogP) is 2.95. The lowest BCUT2D eigenvalue weighted by molar-refractivity contribution is 0.368. The van der Waals surface area contributed by atoms with Crippen LogP contribution < -0.4 is 18.9 Å². The van der Waals surface area contributed by atoms with Crippen LogP contribution in [0.2, 0.25) is 0 Å². The maximum Gasteiger partial charge on any atom is 0.240 e. The third-order valence-corrected chi connectivity index (χ3v) is 5.33. The predicted molar refractivity (Wildman–Crippen MR) is 94.3 cm³/mol. The maximum absolute atomic E-state index is 12.4. The highest BCUT2D eigenvalue weighted by molar-refractivity contribution is 9.10. The van der Waals surface area contributed by atoms with Crippen molar-refractivity contribution in [3.8, 4) is 17.2 Å². The Morgan fingerprint density at radius 1 is 0.958 bits per heavy atom. The first-order chi connectivity index (χ1) is 11.4. The van der Waals surface area contributed by atoms with Crippen LogP contribution in [0, 0.1) is 0 Å². The van der Waals surface area contributed by atoms with Crippen molar-refractivity contribution in [2.45, 2.75) is 11.4 Å². The number of nitrogens with one attached hydrogen (secondary N) is 1. The Labute approximate surface area is 149 Å². The molecule has 0 heterocycles. The number of benzene rings is 2. The lowest BCUT2D eigenvalue weighted by Gasteiger charge is -2.15. The molecule has 8 heteroatoms. The van der Waals surface area contributed by atoms with Crippen molar-refractivity contribution in [3.63, 3.8) is 0 Å². The fourth-order valence-corrected chi connectivity index (χ4v) is 3.38. The van der Waals surface area contributed by atoms with Gasteiger partial charge in [-0.25, -0.2) is 13.1 Å². The Hall–Kier alpha value is -1.77. The quantitative estimate of drug-likeness (QED) is 0.752. The Morgan fingerprint density at radius 3 is 1.96 bits per heavy atom. The molecule has 0 atom stereocenters. The van der Waals surface area contributed by atoms with Gasteiger partial charge in [0.25, 0.3) is 0 Å². The smallest absolute Gasteiger partial charge is 0.240 e. The second kappa shape index (κ2) is 7.87. The van der Waals surface area contributed by atoms with E-state index < -0.39 is 10.0 Å². The van der Waals surface area contributed by atoms with E-state index >= 15 is 0 Å². The topological polar surface area (TPSA) is 73.9 Å². The molecule has 0 amide bonds. The van der Waals surface area contributed by atoms with Crippen LogP contribution in [0.5, 0.6) is 17.2 Å². The van der Waals surface area contributed by atoms with Gasteiger partial charge in [0, 0.05) is 23.2 Å². The fourth-order valence-electron chi connectivity index (χ4n) is 2.12. The van der Waals surface area contributed by atoms with E-state index in [0.29, 0.717) is 22.8 Å². The average molecular weight is 416 g/mol. The fraction of sp³-hybridized carbons (Fsp3) is 0.250. The molecule has 1 N–H and O–H groups in total. The van der Waals surface area contributed by atoms with Gasteiger partial charge in [-0.1, -0.05) is 15.9 Å². The minimum absolute atomic E-state index is 0.0226. The molecule has 2 aromatic carbocycles. The molecule has 0 saturated heterocycles. The summed E-state index contributed by atoms with van der Waals surface area (Å²) in [5, 5.41) is 0. The normalized spacial score (nSPS) is 11.2. The van der Waals surface area contributed by atoms with Crippen LogP contribution in [0.25, 0.3) is 0 Å². The second-order valence-electron chi connectivity index (χ2n) is 4.79. The molecular formula is C16H18BrNO5S. The summed E-state index contributed by atoms with van der Waals surface area (Å²) in [5.41, 5.74) is 0.585. The van der Waals surface area contributed by atoms with Crippen LogP contribution >= 0.6 is 15.9 Å². The lowest BCUT2D eigenvalue weighted by Crippen LogP contribution is -2.23. The zero-order valence-electron chi connectivity index (χ0n) is 13.5. The van der Waals surface area contributed by atoms with E-state index in [0.717, 1.165) is 4.47 Å². The van der Waals surface area contributed by atoms with Gasteiger partial charge in [0.15, 0.2) is 0 Å². The first-order valence-electron chi connectivity index (χ1n) is 6.95. The van der Waals surface area contributed by atoms with E-state index in [4.69, 9.17) is 14.2 Å². The van der Waals surface area contributed by atoms with Crippen molar-refractivity contribution in [2.75, 3.05) is 21.3 Å². The van der Waals surface area contributed by atoms with Gasteiger partial charge in [0.1, 0.15) is 17.2 Å². The first kappa shape index (κ1) is 18.6. The molecule has 0 aliphatic carbocycles. The van der Waals surface area contributed by atoms with Gasteiger partial charge < -0.3 is 14.2 Å². The molecule has 2 aromatic rings. The summed E-state index contributed by atoms with van der Waals surface area (Å²) >= 11 is 3.28. The van der Waals surface area contributed by atoms with E-state index in [1.807, 2.05) is 0 Å². The van der Waals surface area contributed by atoms with Crippen LogP contribution in [-0.2, 0) is 16.6 Å². The summed E-state index contributed by atoms with van der Waals surface area (Å²) in [7, 11) is 0.880. The summed E-state index contributed by atoms with van der Waals surface area (Å²) in [6, 6.07) is 9.73. The highest BCUT2D eigenvalue weighted by Gasteiger charge is 2.18. The number of hydrogen-bond acceptors (Lipinski definition) is 5. The molecule has 0 fully saturated rings. The Kier molecular flexibility index (Phi) is 6.09. The molecule has 2 rings (SSSR count). The Bertz CT molecular complexity index is 781. The third kappa shape index (κ3) is 4.19. The van der Waals surface area contributed by atoms with Gasteiger partial charge in [-0.3, -0.25) is 0 Å². The zero-order chi connectivity index (χ0) is 17.7. The summed E-state index contributed by atoms with van der Waals surface area (Å²) in [6.45, 7) is 0.0226. The average Bonchev–Trinajstić information content (AvgIpc) is 2.59. The van der Waals surface area contributed by atoms with Gasteiger partial charge >= 0.3 is 0 Å². The van der Waals surface area contributed by atoms with Gasteiger partial charge in [-0.05, 0) is 24.3 Å². The minimum Gasteiger partial charge on any atom is -0.496 e. The highest BCUT2D eigenvalue weighted by atomic mass is 79.9. The standard InChI is InChI=1S/C16H18BrNO5S/c1-21-12-8-15(22-2)14(16(9-12)23-3)10-18-24(19,20)13-6-4-11(17)5-7-13/h4-9,18H,10H2,1-3H3. The maximum atomic E-state index is 12.4. The number of hydrogen-bond donors (Lipinski definition) is 1. The monoisotopic (exact) mass is 415 g/mol. The largest absolute Gasteiger partial charge is 0.496 e. The summed E-state index contributed by atoms with van der Waals surface area (Å²) in [4.78, 5) is 0.178. The first-order valence-corrected chi connectivity index (χ1v) is 9.23. The van der Waals surface area contributed by atoms with Gasteiger partial charge in [0.2, 0.25) is 10.0 Å². The molecule has 0 unspecified atom stereocenters. The third-order valence-electron chi connectivity index (χ3n) is 3.38. The van der Waals surface area contributed by atoms with Crippen molar-refractivity contribution >= 4 is 26.0 Å². The number of rotatable bonds is 7. The molecule has 0 radical (unpaired) electrons. The van der Waals surface area contributed by atoms with Gasteiger partial charge in [-0.15, -0.1) is 0 Å². The van der Waals surface area contributed by atoms with Crippen LogP contribution in [-0.4, -0.2) is 29.7 Å². The minimum atomic E-state index is -3.65. The molecule has 0 spiro atoms. The SMILES string of the molecule is COc1cc(OC)c(CNS(=O)(=O)c2ccc(Br)cc2)c(OC)c1. The number of methoxy groups -OCH3 is 3. The van der Waals surface area contributed by atoms with E-state index in [2.05, 4.69) is 20.7 Å². The van der Waals surface area contributed by atoms with Crippen LogP contribution in [0.3, 0.4) is 0 Å². The molecule has 0 aliphatic heterocycles. The van der Waals surface area contributed by atoms with E-state index in [1.54, 1.807) is 24.3 Å². The van der Waals surface area contributed by atoms with Gasteiger partial charge in [0.05, 0.1) is 31.8 Å². The van der Waals surface area contributed by atoms with Crippen LogP contribution in [0.4, 0.5) is 0 Å². The highest BCUT2D eigenvalue weighted by Crippen LogP contribution is 2.34. The molecule has 130 valence electrons.